The van der Waals surface area contributed by atoms with Gasteiger partial charge in [-0.1, -0.05) is 35.4 Å². The van der Waals surface area contributed by atoms with Gasteiger partial charge in [0.15, 0.2) is 6.61 Å². The average Bonchev–Trinajstić information content (AvgIpc) is 2.84. The highest BCUT2D eigenvalue weighted by atomic mass is 16.5. The van der Waals surface area contributed by atoms with Gasteiger partial charge in [0.05, 0.1) is 0 Å². The van der Waals surface area contributed by atoms with Gasteiger partial charge < -0.3 is 19.9 Å². The van der Waals surface area contributed by atoms with Crippen LogP contribution in [0.15, 0.2) is 72.8 Å². The minimum absolute atomic E-state index is 0.0399. The number of nitrogens with zero attached hydrogens (tertiary/aromatic N) is 2. The molecule has 0 bridgehead atoms. The van der Waals surface area contributed by atoms with Gasteiger partial charge in [-0.05, 0) is 62.4 Å². The average molecular weight is 444 g/mol. The van der Waals surface area contributed by atoms with E-state index in [2.05, 4.69) is 10.2 Å². The Morgan fingerprint density at radius 3 is 1.97 bits per heavy atom. The molecule has 0 aliphatic carbocycles. The molecule has 0 unspecified atom stereocenters. The van der Waals surface area contributed by atoms with Crippen molar-refractivity contribution in [3.63, 3.8) is 0 Å². The number of hydrogen-bond donors (Lipinski definition) is 1. The molecule has 2 amide bonds. The number of carbonyl (C=O) groups is 2. The van der Waals surface area contributed by atoms with E-state index < -0.39 is 0 Å². The minimum Gasteiger partial charge on any atom is -0.484 e. The Morgan fingerprint density at radius 2 is 1.36 bits per heavy atom. The normalized spacial score (nSPS) is 13.5. The molecule has 0 aromatic heterocycles. The molecular formula is C27H29N3O3. The summed E-state index contributed by atoms with van der Waals surface area (Å²) in [4.78, 5) is 29.1. The van der Waals surface area contributed by atoms with Gasteiger partial charge >= 0.3 is 0 Å². The third kappa shape index (κ3) is 5.92. The molecule has 1 heterocycles. The molecule has 0 atom stereocenters. The van der Waals surface area contributed by atoms with Gasteiger partial charge in [-0.3, -0.25) is 9.59 Å². The van der Waals surface area contributed by atoms with Gasteiger partial charge in [-0.2, -0.15) is 0 Å². The monoisotopic (exact) mass is 443 g/mol. The molecule has 170 valence electrons. The number of hydrogen-bond acceptors (Lipinski definition) is 4. The smallest absolute Gasteiger partial charge is 0.262 e. The predicted octanol–water partition coefficient (Wildman–Crippen LogP) is 4.28. The van der Waals surface area contributed by atoms with E-state index in [1.54, 1.807) is 0 Å². The Kier molecular flexibility index (Phi) is 6.93. The highest BCUT2D eigenvalue weighted by Gasteiger charge is 2.22. The Balaban J connectivity index is 1.25. The number of carbonyl (C=O) groups excluding carboxylic acids is 2. The summed E-state index contributed by atoms with van der Waals surface area (Å²) in [7, 11) is 0. The van der Waals surface area contributed by atoms with Crippen molar-refractivity contribution in [2.24, 2.45) is 0 Å². The first kappa shape index (κ1) is 22.4. The van der Waals surface area contributed by atoms with Crippen molar-refractivity contribution in [3.8, 4) is 5.75 Å². The summed E-state index contributed by atoms with van der Waals surface area (Å²) in [5.41, 5.74) is 4.83. The van der Waals surface area contributed by atoms with Gasteiger partial charge in [0.2, 0.25) is 0 Å². The zero-order valence-electron chi connectivity index (χ0n) is 19.1. The molecule has 3 aromatic carbocycles. The molecule has 6 heteroatoms. The second-order valence-corrected chi connectivity index (χ2v) is 8.34. The number of rotatable bonds is 6. The van der Waals surface area contributed by atoms with Gasteiger partial charge in [0, 0.05) is 43.1 Å². The fraction of sp³-hybridized carbons (Fsp3) is 0.259. The first-order valence-corrected chi connectivity index (χ1v) is 11.2. The van der Waals surface area contributed by atoms with Crippen molar-refractivity contribution in [2.75, 3.05) is 43.0 Å². The Hall–Kier alpha value is -3.80. The molecule has 6 nitrogen and oxygen atoms in total. The summed E-state index contributed by atoms with van der Waals surface area (Å²) >= 11 is 0. The maximum absolute atomic E-state index is 12.7. The van der Waals surface area contributed by atoms with Crippen LogP contribution >= 0.6 is 0 Å². The van der Waals surface area contributed by atoms with Gasteiger partial charge in [0.25, 0.3) is 11.8 Å². The number of aryl methyl sites for hydroxylation is 2. The standard InChI is InChI=1S/C27H29N3O3/c1-20-3-7-22(8-4-20)27(32)30-17-15-29(16-18-30)24-11-9-23(10-12-24)28-26(31)19-33-25-13-5-21(2)6-14-25/h3-14H,15-19H2,1-2H3,(H,28,31). The van der Waals surface area contributed by atoms with Gasteiger partial charge in [-0.15, -0.1) is 0 Å². The molecule has 0 spiro atoms. The van der Waals surface area contributed by atoms with Crippen molar-refractivity contribution < 1.29 is 14.3 Å². The van der Waals surface area contributed by atoms with Crippen molar-refractivity contribution in [1.82, 2.24) is 4.90 Å². The summed E-state index contributed by atoms with van der Waals surface area (Å²) in [6, 6.07) is 23.1. The summed E-state index contributed by atoms with van der Waals surface area (Å²) in [6.45, 7) is 6.89. The maximum atomic E-state index is 12.7. The topological polar surface area (TPSA) is 61.9 Å². The summed E-state index contributed by atoms with van der Waals surface area (Å²) in [6.07, 6.45) is 0. The Labute approximate surface area is 194 Å². The Bertz CT molecular complexity index is 1080. The molecule has 1 fully saturated rings. The van der Waals surface area contributed by atoms with Crippen LogP contribution in [0.25, 0.3) is 0 Å². The third-order valence-corrected chi connectivity index (χ3v) is 5.77. The molecule has 4 rings (SSSR count). The van der Waals surface area contributed by atoms with Gasteiger partial charge in [0.1, 0.15) is 5.75 Å². The minimum atomic E-state index is -0.202. The molecule has 33 heavy (non-hydrogen) atoms. The van der Waals surface area contributed by atoms with E-state index in [1.165, 1.54) is 0 Å². The van der Waals surface area contributed by atoms with Crippen LogP contribution in [-0.4, -0.2) is 49.5 Å². The van der Waals surface area contributed by atoms with E-state index in [9.17, 15) is 9.59 Å². The molecule has 1 saturated heterocycles. The fourth-order valence-electron chi connectivity index (χ4n) is 3.78. The van der Waals surface area contributed by atoms with Crippen LogP contribution in [0.2, 0.25) is 0 Å². The highest BCUT2D eigenvalue weighted by molar-refractivity contribution is 5.94. The summed E-state index contributed by atoms with van der Waals surface area (Å²) < 4.78 is 5.53. The van der Waals surface area contributed by atoms with Crippen LogP contribution in [0.3, 0.4) is 0 Å². The second kappa shape index (κ2) is 10.2. The lowest BCUT2D eigenvalue weighted by atomic mass is 10.1. The lowest BCUT2D eigenvalue weighted by molar-refractivity contribution is -0.118. The van der Waals surface area contributed by atoms with Crippen LogP contribution in [-0.2, 0) is 4.79 Å². The van der Waals surface area contributed by atoms with E-state index in [4.69, 9.17) is 4.74 Å². The number of anilines is 2. The quantitative estimate of drug-likeness (QED) is 0.618. The predicted molar refractivity (Wildman–Crippen MR) is 131 cm³/mol. The van der Waals surface area contributed by atoms with E-state index in [-0.39, 0.29) is 18.4 Å². The van der Waals surface area contributed by atoms with E-state index >= 15 is 0 Å². The lowest BCUT2D eigenvalue weighted by Crippen LogP contribution is -2.48. The highest BCUT2D eigenvalue weighted by Crippen LogP contribution is 2.20. The SMILES string of the molecule is Cc1ccc(OCC(=O)Nc2ccc(N3CCN(C(=O)c4ccc(C)cc4)CC3)cc2)cc1. The molecule has 1 aliphatic rings. The van der Waals surface area contributed by atoms with Crippen LogP contribution in [0.5, 0.6) is 5.75 Å². The number of benzene rings is 3. The number of amides is 2. The number of nitrogens with one attached hydrogen (secondary N) is 1. The molecule has 1 N–H and O–H groups in total. The zero-order chi connectivity index (χ0) is 23.2. The molecular weight excluding hydrogens is 414 g/mol. The van der Waals surface area contributed by atoms with Crippen molar-refractivity contribution in [1.29, 1.82) is 0 Å². The maximum Gasteiger partial charge on any atom is 0.262 e. The molecule has 0 radical (unpaired) electrons. The summed E-state index contributed by atoms with van der Waals surface area (Å²) in [5.74, 6) is 0.554. The molecule has 3 aromatic rings. The van der Waals surface area contributed by atoms with Crippen LogP contribution < -0.4 is 15.0 Å². The summed E-state index contributed by atoms with van der Waals surface area (Å²) in [5, 5.41) is 2.86. The van der Waals surface area contributed by atoms with E-state index in [1.807, 2.05) is 91.5 Å². The largest absolute Gasteiger partial charge is 0.484 e. The molecule has 1 aliphatic heterocycles. The van der Waals surface area contributed by atoms with Crippen LogP contribution in [0.4, 0.5) is 11.4 Å². The van der Waals surface area contributed by atoms with E-state index in [0.29, 0.717) is 18.8 Å². The third-order valence-electron chi connectivity index (χ3n) is 5.77. The Morgan fingerprint density at radius 1 is 0.788 bits per heavy atom. The van der Waals surface area contributed by atoms with Crippen LogP contribution in [0.1, 0.15) is 21.5 Å². The number of ether oxygens (including phenoxy) is 1. The second-order valence-electron chi connectivity index (χ2n) is 8.34. The van der Waals surface area contributed by atoms with E-state index in [0.717, 1.165) is 41.2 Å². The first-order chi connectivity index (χ1) is 16.0. The fourth-order valence-corrected chi connectivity index (χ4v) is 3.78. The van der Waals surface area contributed by atoms with Crippen molar-refractivity contribution in [3.05, 3.63) is 89.5 Å². The van der Waals surface area contributed by atoms with Gasteiger partial charge in [-0.25, -0.2) is 0 Å². The zero-order valence-corrected chi connectivity index (χ0v) is 19.1. The first-order valence-electron chi connectivity index (χ1n) is 11.2. The number of piperazine rings is 1. The van der Waals surface area contributed by atoms with Crippen molar-refractivity contribution in [2.45, 2.75) is 13.8 Å². The molecule has 0 saturated carbocycles. The van der Waals surface area contributed by atoms with Crippen molar-refractivity contribution >= 4 is 23.2 Å². The lowest BCUT2D eigenvalue weighted by Gasteiger charge is -2.36. The van der Waals surface area contributed by atoms with Crippen LogP contribution in [0, 0.1) is 13.8 Å².